The molecule has 0 aliphatic rings. The fourth-order valence-corrected chi connectivity index (χ4v) is 3.41. The van der Waals surface area contributed by atoms with E-state index in [0.29, 0.717) is 19.4 Å². The fourth-order valence-electron chi connectivity index (χ4n) is 3.41. The molecule has 2 aromatic carbocycles. The van der Waals surface area contributed by atoms with Gasteiger partial charge >= 0.3 is 0 Å². The number of hydrogen-bond acceptors (Lipinski definition) is 4. The van der Waals surface area contributed by atoms with E-state index in [9.17, 15) is 4.79 Å². The number of aromatic nitrogens is 1. The molecule has 1 amide bonds. The molecule has 0 aliphatic carbocycles. The zero-order chi connectivity index (χ0) is 22.2. The van der Waals surface area contributed by atoms with Crippen LogP contribution in [0.3, 0.4) is 0 Å². The number of nitrogens with one attached hydrogen (secondary N) is 1. The minimum absolute atomic E-state index is 0.00735. The molecule has 1 unspecified atom stereocenters. The van der Waals surface area contributed by atoms with Crippen molar-refractivity contribution in [3.63, 3.8) is 0 Å². The molecule has 0 aliphatic heterocycles. The Labute approximate surface area is 188 Å². The summed E-state index contributed by atoms with van der Waals surface area (Å²) in [4.78, 5) is 16.5. The fraction of sp³-hybridized carbons (Fsp3) is 0.185. The Hall–Kier alpha value is -3.86. The van der Waals surface area contributed by atoms with Crippen LogP contribution in [0.1, 0.15) is 36.3 Å². The summed E-state index contributed by atoms with van der Waals surface area (Å²) in [5, 5.41) is 3.05. The number of pyridine rings is 1. The van der Waals surface area contributed by atoms with Crippen molar-refractivity contribution < 1.29 is 13.9 Å². The van der Waals surface area contributed by atoms with Crippen molar-refractivity contribution in [1.29, 1.82) is 0 Å². The molecule has 0 bridgehead atoms. The number of nitrogens with zero attached hydrogens (tertiary/aromatic N) is 1. The number of rotatable bonds is 9. The maximum Gasteiger partial charge on any atom is 0.220 e. The molecule has 162 valence electrons. The molecular formula is C27H26N2O3. The van der Waals surface area contributed by atoms with Gasteiger partial charge < -0.3 is 14.5 Å². The molecule has 0 spiro atoms. The second-order valence-corrected chi connectivity index (χ2v) is 7.64. The smallest absolute Gasteiger partial charge is 0.220 e. The summed E-state index contributed by atoms with van der Waals surface area (Å²) in [7, 11) is 0. The van der Waals surface area contributed by atoms with E-state index >= 15 is 0 Å². The summed E-state index contributed by atoms with van der Waals surface area (Å²) in [5.41, 5.74) is 3.07. The molecule has 0 saturated carbocycles. The molecule has 1 N–H and O–H groups in total. The summed E-state index contributed by atoms with van der Waals surface area (Å²) in [6.45, 7) is 2.45. The quantitative estimate of drug-likeness (QED) is 0.371. The van der Waals surface area contributed by atoms with Gasteiger partial charge in [-0.05, 0) is 42.8 Å². The lowest BCUT2D eigenvalue weighted by Crippen LogP contribution is -2.26. The van der Waals surface area contributed by atoms with E-state index in [1.54, 1.807) is 12.4 Å². The first-order valence-corrected chi connectivity index (χ1v) is 10.7. The van der Waals surface area contributed by atoms with Crippen molar-refractivity contribution >= 4 is 5.91 Å². The Bertz CT molecular complexity index is 1120. The Balaban J connectivity index is 1.24. The highest BCUT2D eigenvalue weighted by molar-refractivity contribution is 5.76. The molecule has 4 aromatic rings. The maximum absolute atomic E-state index is 12.4. The van der Waals surface area contributed by atoms with Gasteiger partial charge in [-0.1, -0.05) is 48.5 Å². The van der Waals surface area contributed by atoms with Gasteiger partial charge in [-0.3, -0.25) is 9.78 Å². The first-order chi connectivity index (χ1) is 15.7. The van der Waals surface area contributed by atoms with Crippen molar-refractivity contribution in [2.75, 3.05) is 0 Å². The lowest BCUT2D eigenvalue weighted by molar-refractivity contribution is -0.121. The predicted octanol–water partition coefficient (Wildman–Crippen LogP) is 5.73. The first-order valence-electron chi connectivity index (χ1n) is 10.7. The van der Waals surface area contributed by atoms with Crippen LogP contribution in [0.15, 0.2) is 95.7 Å². The summed E-state index contributed by atoms with van der Waals surface area (Å²) < 4.78 is 11.7. The monoisotopic (exact) mass is 426 g/mol. The van der Waals surface area contributed by atoms with E-state index < -0.39 is 0 Å². The predicted molar refractivity (Wildman–Crippen MR) is 124 cm³/mol. The van der Waals surface area contributed by atoms with Crippen LogP contribution in [-0.2, 0) is 17.8 Å². The van der Waals surface area contributed by atoms with Gasteiger partial charge in [0.05, 0.1) is 6.04 Å². The number of hydrogen-bond donors (Lipinski definition) is 1. The van der Waals surface area contributed by atoms with Crippen LogP contribution in [0.2, 0.25) is 0 Å². The molecule has 5 nitrogen and oxygen atoms in total. The van der Waals surface area contributed by atoms with Crippen LogP contribution in [0.4, 0.5) is 0 Å². The lowest BCUT2D eigenvalue weighted by atomic mass is 10.1. The Morgan fingerprint density at radius 1 is 1.00 bits per heavy atom. The number of amides is 1. The lowest BCUT2D eigenvalue weighted by Gasteiger charge is -2.15. The Morgan fingerprint density at radius 3 is 2.56 bits per heavy atom. The topological polar surface area (TPSA) is 64.4 Å². The third-order valence-corrected chi connectivity index (χ3v) is 5.20. The van der Waals surface area contributed by atoms with Crippen LogP contribution < -0.4 is 10.1 Å². The normalized spacial score (nSPS) is 11.7. The summed E-state index contributed by atoms with van der Waals surface area (Å²) in [6.07, 6.45) is 4.46. The molecule has 2 heterocycles. The van der Waals surface area contributed by atoms with Gasteiger partial charge in [-0.25, -0.2) is 0 Å². The van der Waals surface area contributed by atoms with E-state index in [1.165, 1.54) is 0 Å². The average Bonchev–Trinajstić information content (AvgIpc) is 3.32. The summed E-state index contributed by atoms with van der Waals surface area (Å²) in [5.74, 6) is 2.40. The van der Waals surface area contributed by atoms with Crippen molar-refractivity contribution in [3.8, 4) is 17.1 Å². The van der Waals surface area contributed by atoms with Crippen molar-refractivity contribution in [3.05, 3.63) is 108 Å². The van der Waals surface area contributed by atoms with E-state index in [2.05, 4.69) is 10.3 Å². The molecule has 5 heteroatoms. The van der Waals surface area contributed by atoms with E-state index in [4.69, 9.17) is 9.15 Å². The molecule has 1 atom stereocenters. The van der Waals surface area contributed by atoms with Crippen LogP contribution in [-0.4, -0.2) is 10.9 Å². The highest BCUT2D eigenvalue weighted by Crippen LogP contribution is 2.23. The first kappa shape index (κ1) is 21.4. The molecule has 4 rings (SSSR count). The van der Waals surface area contributed by atoms with Gasteiger partial charge in [0.25, 0.3) is 0 Å². The number of benzene rings is 2. The molecular weight excluding hydrogens is 400 g/mol. The molecule has 0 saturated heterocycles. The number of furan rings is 1. The molecule has 0 radical (unpaired) electrons. The van der Waals surface area contributed by atoms with E-state index in [0.717, 1.165) is 34.0 Å². The molecule has 0 fully saturated rings. The van der Waals surface area contributed by atoms with Crippen LogP contribution in [0.25, 0.3) is 11.3 Å². The van der Waals surface area contributed by atoms with Gasteiger partial charge in [0.15, 0.2) is 0 Å². The number of carbonyl (C=O) groups excluding carboxylic acids is 1. The van der Waals surface area contributed by atoms with Crippen LogP contribution in [0.5, 0.6) is 5.75 Å². The van der Waals surface area contributed by atoms with Crippen molar-refractivity contribution in [2.45, 2.75) is 32.4 Å². The zero-order valence-corrected chi connectivity index (χ0v) is 18.0. The minimum Gasteiger partial charge on any atom is -0.489 e. The Kier molecular flexibility index (Phi) is 6.98. The highest BCUT2D eigenvalue weighted by atomic mass is 16.5. The highest BCUT2D eigenvalue weighted by Gasteiger charge is 2.12. The van der Waals surface area contributed by atoms with Gasteiger partial charge in [-0.15, -0.1) is 0 Å². The molecule has 32 heavy (non-hydrogen) atoms. The average molecular weight is 427 g/mol. The van der Waals surface area contributed by atoms with E-state index in [-0.39, 0.29) is 11.9 Å². The second kappa shape index (κ2) is 10.4. The SMILES string of the molecule is CC(NC(=O)CCc1ccc(-c2ccccc2)o1)c1ccc(OCc2cccnc2)cc1. The van der Waals surface area contributed by atoms with Gasteiger partial charge in [0.2, 0.25) is 5.91 Å². The van der Waals surface area contributed by atoms with Gasteiger partial charge in [-0.2, -0.15) is 0 Å². The van der Waals surface area contributed by atoms with Gasteiger partial charge in [0, 0.05) is 36.4 Å². The molecule has 2 aromatic heterocycles. The Morgan fingerprint density at radius 2 is 1.81 bits per heavy atom. The minimum atomic E-state index is -0.0913. The largest absolute Gasteiger partial charge is 0.489 e. The van der Waals surface area contributed by atoms with Crippen LogP contribution >= 0.6 is 0 Å². The number of carbonyl (C=O) groups is 1. The summed E-state index contributed by atoms with van der Waals surface area (Å²) in [6, 6.07) is 25.4. The van der Waals surface area contributed by atoms with Crippen molar-refractivity contribution in [1.82, 2.24) is 10.3 Å². The van der Waals surface area contributed by atoms with Gasteiger partial charge in [0.1, 0.15) is 23.9 Å². The van der Waals surface area contributed by atoms with Crippen LogP contribution in [0, 0.1) is 0 Å². The zero-order valence-electron chi connectivity index (χ0n) is 18.0. The summed E-state index contributed by atoms with van der Waals surface area (Å²) >= 11 is 0. The third kappa shape index (κ3) is 5.85. The number of aryl methyl sites for hydroxylation is 1. The van der Waals surface area contributed by atoms with E-state index in [1.807, 2.05) is 85.8 Å². The number of ether oxygens (including phenoxy) is 1. The standard InChI is InChI=1S/C27H26N2O3/c1-20(22-9-11-24(12-10-22)31-19-21-6-5-17-28-18-21)29-27(30)16-14-25-13-15-26(32-25)23-7-3-2-4-8-23/h2-13,15,17-18,20H,14,16,19H2,1H3,(H,29,30). The third-order valence-electron chi connectivity index (χ3n) is 5.20. The second-order valence-electron chi connectivity index (χ2n) is 7.64. The maximum atomic E-state index is 12.4. The van der Waals surface area contributed by atoms with Crippen molar-refractivity contribution in [2.24, 2.45) is 0 Å².